The molecule has 1 aromatic carbocycles. The smallest absolute Gasteiger partial charge is 0.410 e. The van der Waals surface area contributed by atoms with Crippen LogP contribution < -0.4 is 15.4 Å². The van der Waals surface area contributed by atoms with Gasteiger partial charge in [-0.1, -0.05) is 6.07 Å². The summed E-state index contributed by atoms with van der Waals surface area (Å²) in [6.07, 6.45) is 6.49. The lowest BCUT2D eigenvalue weighted by molar-refractivity contribution is 0.00681. The van der Waals surface area contributed by atoms with Crippen molar-refractivity contribution in [3.63, 3.8) is 0 Å². The lowest BCUT2D eigenvalue weighted by Gasteiger charge is -2.39. The average molecular weight is 647 g/mol. The number of ether oxygens (including phenoxy) is 2. The summed E-state index contributed by atoms with van der Waals surface area (Å²) < 4.78 is 16.9. The molecule has 3 N–H and O–H groups in total. The highest BCUT2D eigenvalue weighted by Crippen LogP contribution is 2.37. The van der Waals surface area contributed by atoms with Crippen LogP contribution in [0.2, 0.25) is 0 Å². The largest absolute Gasteiger partial charge is 0.486 e. The van der Waals surface area contributed by atoms with Crippen molar-refractivity contribution in [1.82, 2.24) is 25.1 Å². The molecule has 0 spiro atoms. The van der Waals surface area contributed by atoms with Gasteiger partial charge in [-0.2, -0.15) is 0 Å². The van der Waals surface area contributed by atoms with E-state index in [1.54, 1.807) is 18.3 Å². The first kappa shape index (κ1) is 32.8. The third-order valence-corrected chi connectivity index (χ3v) is 9.16. The molecule has 0 unspecified atom stereocenters. The fraction of sp³-hybridized carbons (Fsp3) is 0.543. The number of aryl methyl sites for hydroxylation is 1. The second-order valence-electron chi connectivity index (χ2n) is 13.9. The number of hydrogen-bond acceptors (Lipinski definition) is 10. The van der Waals surface area contributed by atoms with Crippen LogP contribution in [0.4, 0.5) is 10.6 Å². The topological polar surface area (TPSA) is 142 Å². The molecule has 0 aliphatic carbocycles. The van der Waals surface area contributed by atoms with Gasteiger partial charge in [-0.25, -0.2) is 14.8 Å². The Morgan fingerprint density at radius 1 is 1.11 bits per heavy atom. The number of benzene rings is 1. The highest BCUT2D eigenvalue weighted by Gasteiger charge is 2.45. The normalized spacial score (nSPS) is 21.6. The fourth-order valence-electron chi connectivity index (χ4n) is 6.89. The number of aliphatic hydroxyl groups is 1. The van der Waals surface area contributed by atoms with Crippen molar-refractivity contribution in [3.8, 4) is 5.75 Å². The van der Waals surface area contributed by atoms with Crippen molar-refractivity contribution < 1.29 is 28.6 Å². The minimum Gasteiger partial charge on any atom is -0.486 e. The number of carbonyl (C=O) groups is 2. The van der Waals surface area contributed by atoms with Crippen molar-refractivity contribution in [2.75, 3.05) is 25.0 Å². The molecule has 2 aromatic heterocycles. The van der Waals surface area contributed by atoms with Gasteiger partial charge in [0.25, 0.3) is 5.91 Å². The Morgan fingerprint density at radius 3 is 2.62 bits per heavy atom. The van der Waals surface area contributed by atoms with Gasteiger partial charge in [-0.15, -0.1) is 0 Å². The molecule has 5 heterocycles. The number of piperidine rings is 1. The van der Waals surface area contributed by atoms with Crippen LogP contribution in [0.3, 0.4) is 0 Å². The predicted molar refractivity (Wildman–Crippen MR) is 175 cm³/mol. The number of carbonyl (C=O) groups excluding carboxylic acids is 2. The molecule has 47 heavy (non-hydrogen) atoms. The van der Waals surface area contributed by atoms with Crippen LogP contribution in [0, 0.1) is 6.92 Å². The zero-order valence-corrected chi connectivity index (χ0v) is 27.7. The summed E-state index contributed by atoms with van der Waals surface area (Å²) in [7, 11) is 0. The van der Waals surface area contributed by atoms with Gasteiger partial charge in [0.2, 0.25) is 0 Å². The first-order valence-electron chi connectivity index (χ1n) is 16.6. The Hall–Kier alpha value is -4.16. The Bertz CT molecular complexity index is 1560. The zero-order chi connectivity index (χ0) is 33.1. The van der Waals surface area contributed by atoms with Gasteiger partial charge in [0.05, 0.1) is 11.8 Å². The molecule has 2 saturated heterocycles. The fourth-order valence-corrected chi connectivity index (χ4v) is 6.89. The minimum absolute atomic E-state index is 0.133. The molecule has 6 rings (SSSR count). The van der Waals surface area contributed by atoms with Crippen molar-refractivity contribution in [2.24, 2.45) is 0 Å². The monoisotopic (exact) mass is 646 g/mol. The molecule has 2 amide bonds. The van der Waals surface area contributed by atoms with Gasteiger partial charge in [0, 0.05) is 56.1 Å². The van der Waals surface area contributed by atoms with E-state index in [1.165, 1.54) is 17.5 Å². The molecular formula is C35H46N6O6. The molecule has 0 radical (unpaired) electrons. The second-order valence-corrected chi connectivity index (χ2v) is 13.9. The molecule has 12 heteroatoms. The summed E-state index contributed by atoms with van der Waals surface area (Å²) in [5, 5.41) is 17.1. The number of aromatic nitrogens is 2. The quantitative estimate of drug-likeness (QED) is 0.289. The number of aliphatic hydroxyl groups excluding tert-OH is 1. The maximum absolute atomic E-state index is 13.0. The predicted octanol–water partition coefficient (Wildman–Crippen LogP) is 4.45. The lowest BCUT2D eigenvalue weighted by atomic mass is 9.97. The molecule has 4 atom stereocenters. The van der Waals surface area contributed by atoms with E-state index in [0.717, 1.165) is 62.4 Å². The number of oxazole rings is 1. The van der Waals surface area contributed by atoms with Crippen molar-refractivity contribution in [1.29, 1.82) is 0 Å². The Kier molecular flexibility index (Phi) is 9.70. The van der Waals surface area contributed by atoms with E-state index >= 15 is 0 Å². The van der Waals surface area contributed by atoms with Gasteiger partial charge < -0.3 is 34.5 Å². The number of pyridine rings is 1. The van der Waals surface area contributed by atoms with E-state index < -0.39 is 11.7 Å². The second kappa shape index (κ2) is 13.9. The molecule has 3 aliphatic heterocycles. The van der Waals surface area contributed by atoms with E-state index in [-0.39, 0.29) is 36.7 Å². The van der Waals surface area contributed by atoms with Gasteiger partial charge in [0.15, 0.2) is 12.2 Å². The van der Waals surface area contributed by atoms with E-state index in [1.807, 2.05) is 38.7 Å². The highest BCUT2D eigenvalue weighted by atomic mass is 16.6. The first-order valence-corrected chi connectivity index (χ1v) is 16.6. The first-order chi connectivity index (χ1) is 22.5. The number of nitrogens with one attached hydrogen (secondary N) is 2. The Balaban J connectivity index is 0.947. The van der Waals surface area contributed by atoms with Gasteiger partial charge in [-0.05, 0) is 95.2 Å². The third kappa shape index (κ3) is 8.23. The summed E-state index contributed by atoms with van der Waals surface area (Å²) in [6.45, 7) is 10.0. The molecule has 2 fully saturated rings. The molecule has 0 saturated carbocycles. The number of anilines is 1. The minimum atomic E-state index is -0.710. The maximum Gasteiger partial charge on any atom is 0.410 e. The molecule has 3 aliphatic rings. The number of rotatable bonds is 10. The zero-order valence-electron chi connectivity index (χ0n) is 27.7. The van der Waals surface area contributed by atoms with Crippen molar-refractivity contribution in [3.05, 3.63) is 71.1 Å². The number of nitrogens with zero attached hydrogens (tertiary/aromatic N) is 4. The van der Waals surface area contributed by atoms with Gasteiger partial charge in [-0.3, -0.25) is 9.69 Å². The molecule has 3 aromatic rings. The maximum atomic E-state index is 13.0. The van der Waals surface area contributed by atoms with Crippen LogP contribution >= 0.6 is 0 Å². The van der Waals surface area contributed by atoms with Crippen LogP contribution in [0.25, 0.3) is 0 Å². The van der Waals surface area contributed by atoms with Gasteiger partial charge in [0.1, 0.15) is 23.8 Å². The highest BCUT2D eigenvalue weighted by molar-refractivity contribution is 5.94. The third-order valence-electron chi connectivity index (χ3n) is 9.16. The number of hydrogen-bond donors (Lipinski definition) is 3. The summed E-state index contributed by atoms with van der Waals surface area (Å²) in [4.78, 5) is 38.5. The molecule has 12 nitrogen and oxygen atoms in total. The summed E-state index contributed by atoms with van der Waals surface area (Å²) >= 11 is 0. The van der Waals surface area contributed by atoms with E-state index in [4.69, 9.17) is 13.9 Å². The van der Waals surface area contributed by atoms with E-state index in [2.05, 4.69) is 37.6 Å². The summed E-state index contributed by atoms with van der Waals surface area (Å²) in [6, 6.07) is 9.94. The van der Waals surface area contributed by atoms with Crippen molar-refractivity contribution >= 4 is 17.8 Å². The summed E-state index contributed by atoms with van der Waals surface area (Å²) in [5.74, 6) is 1.88. The van der Waals surface area contributed by atoms with Crippen LogP contribution in [0.15, 0.2) is 47.3 Å². The number of fused-ring (bicyclic) bond motifs is 3. The van der Waals surface area contributed by atoms with Crippen LogP contribution in [-0.4, -0.2) is 86.3 Å². The van der Waals surface area contributed by atoms with Crippen LogP contribution in [0.1, 0.15) is 79.4 Å². The standard InChI is InChI=1S/C35H46N6O6/c1-22-31(46-21-38-22)20-45-30-8-5-25-18-40(12-10-23(25)13-30)19-29(42)17-37-33(43)24-9-11-36-32(14-24)39-26-15-27-6-7-28(16-26)41(27)34(44)47-35(2,3)4/h5,8-9,11,13-14,21,26-29,42H,6-7,10,12,15-20H2,1-4H3,(H,36,39)(H,37,43)/t26-,27+,28-,29-/m0/s1. The SMILES string of the molecule is Cc1ncoc1COc1ccc2c(c1)CCN(C[C@@H](O)CNC(=O)c1ccnc(N[C@H]3C[C@H]4CC[C@@H](C3)N4C(=O)OC(C)(C)C)c1)C2. The van der Waals surface area contributed by atoms with Crippen molar-refractivity contribution in [2.45, 2.75) is 103 Å². The van der Waals surface area contributed by atoms with E-state index in [0.29, 0.717) is 24.5 Å². The number of amides is 2. The molecule has 252 valence electrons. The average Bonchev–Trinajstić information content (AvgIpc) is 3.57. The lowest BCUT2D eigenvalue weighted by Crippen LogP contribution is -2.51. The Labute approximate surface area is 275 Å². The Morgan fingerprint density at radius 2 is 1.89 bits per heavy atom. The molecular weight excluding hydrogens is 600 g/mol. The molecule has 2 bridgehead atoms. The number of β-amino-alcohol motifs (C(OH)–C–C–N with tert-alkyl or cyclic N) is 1. The van der Waals surface area contributed by atoms with Crippen LogP contribution in [0.5, 0.6) is 5.75 Å². The van der Waals surface area contributed by atoms with E-state index in [9.17, 15) is 14.7 Å². The van der Waals surface area contributed by atoms with Gasteiger partial charge >= 0.3 is 6.09 Å². The summed E-state index contributed by atoms with van der Waals surface area (Å²) in [5.41, 5.74) is 3.22. The van der Waals surface area contributed by atoms with Crippen LogP contribution in [-0.2, 0) is 24.3 Å².